The fourth-order valence-electron chi connectivity index (χ4n) is 3.32. The van der Waals surface area contributed by atoms with Crippen molar-refractivity contribution in [1.82, 2.24) is 10.1 Å². The molecule has 0 radical (unpaired) electrons. The smallest absolute Gasteiger partial charge is 0.261 e. The molecule has 0 spiro atoms. The number of amides is 2. The lowest BCUT2D eigenvalue weighted by atomic mass is 10.0. The second-order valence-corrected chi connectivity index (χ2v) is 7.13. The quantitative estimate of drug-likeness (QED) is 0.768. The van der Waals surface area contributed by atoms with Crippen LogP contribution in [0.4, 0.5) is 11.4 Å². The summed E-state index contributed by atoms with van der Waals surface area (Å²) in [5.74, 6) is 0.909. The van der Waals surface area contributed by atoms with E-state index < -0.39 is 0 Å². The largest absolute Gasteiger partial charge is 0.495 e. The van der Waals surface area contributed by atoms with Crippen LogP contribution in [0.3, 0.4) is 0 Å². The molecule has 0 aliphatic carbocycles. The average molecular weight is 386 g/mol. The summed E-state index contributed by atoms with van der Waals surface area (Å²) >= 11 is 0. The van der Waals surface area contributed by atoms with E-state index in [1.54, 1.807) is 18.9 Å². The van der Waals surface area contributed by atoms with E-state index in [-0.39, 0.29) is 11.8 Å². The number of piperazine rings is 1. The molecule has 2 aromatic rings. The van der Waals surface area contributed by atoms with E-state index in [4.69, 9.17) is 9.26 Å². The Morgan fingerprint density at radius 3 is 2.61 bits per heavy atom. The maximum atomic E-state index is 12.9. The Morgan fingerprint density at radius 2 is 2.00 bits per heavy atom. The van der Waals surface area contributed by atoms with Gasteiger partial charge in [0.05, 0.1) is 18.5 Å². The Hall–Kier alpha value is -3.03. The number of hydrogen-bond acceptors (Lipinski definition) is 6. The first-order valence-corrected chi connectivity index (χ1v) is 9.34. The first-order chi connectivity index (χ1) is 13.4. The molecule has 1 fully saturated rings. The van der Waals surface area contributed by atoms with Crippen molar-refractivity contribution >= 4 is 23.7 Å². The van der Waals surface area contributed by atoms with E-state index in [1.165, 1.54) is 0 Å². The lowest BCUT2D eigenvalue weighted by molar-refractivity contribution is -0.118. The third-order valence-electron chi connectivity index (χ3n) is 4.90. The minimum Gasteiger partial charge on any atom is -0.495 e. The number of rotatable bonds is 6. The van der Waals surface area contributed by atoms with Gasteiger partial charge in [-0.2, -0.15) is 0 Å². The van der Waals surface area contributed by atoms with E-state index in [0.717, 1.165) is 25.2 Å². The maximum Gasteiger partial charge on any atom is 0.261 e. The number of hydrogen-bond donors (Lipinski definition) is 1. The maximum absolute atomic E-state index is 12.9. The van der Waals surface area contributed by atoms with Crippen LogP contribution in [0.5, 0.6) is 5.75 Å². The first kappa shape index (κ1) is 19.7. The number of ether oxygens (including phenoxy) is 1. The molecule has 3 rings (SSSR count). The van der Waals surface area contributed by atoms with Gasteiger partial charge in [0.1, 0.15) is 11.3 Å². The monoisotopic (exact) mass is 386 g/mol. The van der Waals surface area contributed by atoms with Gasteiger partial charge >= 0.3 is 0 Å². The van der Waals surface area contributed by atoms with Crippen LogP contribution in [-0.2, 0) is 4.79 Å². The lowest BCUT2D eigenvalue weighted by Gasteiger charge is -2.34. The molecule has 1 N–H and O–H groups in total. The van der Waals surface area contributed by atoms with Crippen molar-refractivity contribution in [3.05, 3.63) is 35.2 Å². The highest BCUT2D eigenvalue weighted by Crippen LogP contribution is 2.31. The second kappa shape index (κ2) is 8.33. The molecule has 1 saturated heterocycles. The van der Waals surface area contributed by atoms with Gasteiger partial charge in [0.25, 0.3) is 5.91 Å². The van der Waals surface area contributed by atoms with Crippen LogP contribution in [0.25, 0.3) is 0 Å². The average Bonchev–Trinajstić information content (AvgIpc) is 3.10. The predicted molar refractivity (Wildman–Crippen MR) is 106 cm³/mol. The summed E-state index contributed by atoms with van der Waals surface area (Å²) in [6.45, 7) is 8.49. The minimum absolute atomic E-state index is 0.0456. The Balaban J connectivity index is 1.84. The highest BCUT2D eigenvalue weighted by molar-refractivity contribution is 6.06. The molecule has 1 aromatic heterocycles. The minimum atomic E-state index is -0.274. The standard InChI is InChI=1S/C20H26N4O4/c1-13(2)19-18(14(3)22-28-19)20(26)21-16-11-15(5-6-17(16)27-4)24-9-7-23(12-25)8-10-24/h5-6,11-13H,7-10H2,1-4H3,(H,21,26). The van der Waals surface area contributed by atoms with Gasteiger partial charge < -0.3 is 24.4 Å². The van der Waals surface area contributed by atoms with Gasteiger partial charge in [0.15, 0.2) is 5.76 Å². The first-order valence-electron chi connectivity index (χ1n) is 9.34. The third-order valence-corrected chi connectivity index (χ3v) is 4.90. The van der Waals surface area contributed by atoms with Crippen LogP contribution in [0.1, 0.15) is 41.6 Å². The Kier molecular flexibility index (Phi) is 5.87. The van der Waals surface area contributed by atoms with Crippen LogP contribution in [0.15, 0.2) is 22.7 Å². The Morgan fingerprint density at radius 1 is 1.29 bits per heavy atom. The van der Waals surface area contributed by atoms with E-state index in [2.05, 4.69) is 15.4 Å². The fourth-order valence-corrected chi connectivity index (χ4v) is 3.32. The molecule has 8 nitrogen and oxygen atoms in total. The fraction of sp³-hybridized carbons (Fsp3) is 0.450. The number of carbonyl (C=O) groups is 2. The second-order valence-electron chi connectivity index (χ2n) is 7.13. The summed E-state index contributed by atoms with van der Waals surface area (Å²) in [4.78, 5) is 27.8. The van der Waals surface area contributed by atoms with Crippen LogP contribution in [0.2, 0.25) is 0 Å². The van der Waals surface area contributed by atoms with Crippen molar-refractivity contribution in [3.63, 3.8) is 0 Å². The topological polar surface area (TPSA) is 87.9 Å². The molecule has 28 heavy (non-hydrogen) atoms. The highest BCUT2D eigenvalue weighted by Gasteiger charge is 2.24. The number of nitrogens with one attached hydrogen (secondary N) is 1. The van der Waals surface area contributed by atoms with Crippen molar-refractivity contribution in [1.29, 1.82) is 0 Å². The molecule has 150 valence electrons. The van der Waals surface area contributed by atoms with Gasteiger partial charge in [0.2, 0.25) is 6.41 Å². The van der Waals surface area contributed by atoms with Crippen LogP contribution >= 0.6 is 0 Å². The zero-order valence-electron chi connectivity index (χ0n) is 16.7. The predicted octanol–water partition coefficient (Wildman–Crippen LogP) is 2.65. The van der Waals surface area contributed by atoms with Gasteiger partial charge in [-0.1, -0.05) is 19.0 Å². The van der Waals surface area contributed by atoms with Crippen molar-refractivity contribution in [3.8, 4) is 5.75 Å². The summed E-state index contributed by atoms with van der Waals surface area (Å²) in [5, 5.41) is 6.88. The van der Waals surface area contributed by atoms with Gasteiger partial charge in [-0.15, -0.1) is 0 Å². The summed E-state index contributed by atoms with van der Waals surface area (Å²) < 4.78 is 10.7. The van der Waals surface area contributed by atoms with Gasteiger partial charge in [-0.3, -0.25) is 9.59 Å². The molecule has 2 heterocycles. The van der Waals surface area contributed by atoms with Crippen molar-refractivity contribution in [2.75, 3.05) is 43.5 Å². The summed E-state index contributed by atoms with van der Waals surface area (Å²) in [5.41, 5.74) is 2.56. The normalized spacial score (nSPS) is 14.3. The molecule has 0 atom stereocenters. The molecule has 8 heteroatoms. The molecular formula is C20H26N4O4. The number of methoxy groups -OCH3 is 1. The number of aromatic nitrogens is 1. The van der Waals surface area contributed by atoms with Gasteiger partial charge in [0, 0.05) is 37.8 Å². The van der Waals surface area contributed by atoms with Gasteiger partial charge in [-0.25, -0.2) is 0 Å². The Bertz CT molecular complexity index is 854. The van der Waals surface area contributed by atoms with E-state index in [9.17, 15) is 9.59 Å². The molecule has 0 unspecified atom stereocenters. The van der Waals surface area contributed by atoms with Gasteiger partial charge in [-0.05, 0) is 25.1 Å². The summed E-state index contributed by atoms with van der Waals surface area (Å²) in [6, 6.07) is 5.68. The lowest BCUT2D eigenvalue weighted by Crippen LogP contribution is -2.45. The summed E-state index contributed by atoms with van der Waals surface area (Å²) in [6.07, 6.45) is 0.880. The zero-order valence-corrected chi connectivity index (χ0v) is 16.7. The van der Waals surface area contributed by atoms with E-state index in [1.807, 2.05) is 32.0 Å². The molecule has 1 aliphatic heterocycles. The number of nitrogens with zero attached hydrogens (tertiary/aromatic N) is 3. The van der Waals surface area contributed by atoms with Crippen LogP contribution in [-0.4, -0.2) is 55.7 Å². The highest BCUT2D eigenvalue weighted by atomic mass is 16.5. The number of benzene rings is 1. The van der Waals surface area contributed by atoms with Crippen LogP contribution < -0.4 is 15.0 Å². The molecule has 1 aromatic carbocycles. The number of anilines is 2. The molecule has 0 saturated carbocycles. The van der Waals surface area contributed by atoms with Crippen LogP contribution in [0, 0.1) is 6.92 Å². The van der Waals surface area contributed by atoms with Crippen molar-refractivity contribution in [2.24, 2.45) is 0 Å². The number of carbonyl (C=O) groups excluding carboxylic acids is 2. The zero-order chi connectivity index (χ0) is 20.3. The Labute approximate surface area is 164 Å². The summed E-state index contributed by atoms with van der Waals surface area (Å²) in [7, 11) is 1.57. The molecule has 0 bridgehead atoms. The number of aryl methyl sites for hydroxylation is 1. The SMILES string of the molecule is COc1ccc(N2CCN(C=O)CC2)cc1NC(=O)c1c(C)noc1C(C)C. The van der Waals surface area contributed by atoms with Crippen molar-refractivity contribution in [2.45, 2.75) is 26.7 Å². The third kappa shape index (κ3) is 3.95. The molecular weight excluding hydrogens is 360 g/mol. The molecule has 2 amide bonds. The van der Waals surface area contributed by atoms with E-state index in [0.29, 0.717) is 41.5 Å². The van der Waals surface area contributed by atoms with E-state index >= 15 is 0 Å². The van der Waals surface area contributed by atoms with Crippen molar-refractivity contribution < 1.29 is 18.8 Å². The molecule has 1 aliphatic rings.